The molecule has 0 bridgehead atoms. The molecule has 0 radical (unpaired) electrons. The van der Waals surface area contributed by atoms with Gasteiger partial charge in [0, 0.05) is 22.7 Å². The minimum Gasteiger partial charge on any atom is -0.479 e. The van der Waals surface area contributed by atoms with Gasteiger partial charge in [0.25, 0.3) is 5.91 Å². The molecule has 2 aromatic carbocycles. The molecule has 3 aromatic rings. The Morgan fingerprint density at radius 2 is 1.93 bits per heavy atom. The van der Waals surface area contributed by atoms with Gasteiger partial charge < -0.3 is 14.5 Å². The number of nitro groups is 1. The van der Waals surface area contributed by atoms with Crippen molar-refractivity contribution in [3.63, 3.8) is 0 Å². The standard InChI is InChI=1S/C19H14Cl2N2O5/c20-13-6-5-12(15(21)9-13)10-22-19(24)18-8-7-14(28-18)11-27-17-4-2-1-3-16(17)23(25)26/h1-9H,10-11H2,(H,22,24). The summed E-state index contributed by atoms with van der Waals surface area (Å²) in [6, 6.07) is 14.1. The molecule has 0 saturated carbocycles. The van der Waals surface area contributed by atoms with E-state index in [2.05, 4.69) is 5.32 Å². The third-order valence-corrected chi connectivity index (χ3v) is 4.36. The van der Waals surface area contributed by atoms with Crippen LogP contribution in [0.5, 0.6) is 5.75 Å². The number of hydrogen-bond donors (Lipinski definition) is 1. The number of amides is 1. The van der Waals surface area contributed by atoms with Crippen LogP contribution in [0.3, 0.4) is 0 Å². The van der Waals surface area contributed by atoms with Crippen molar-refractivity contribution in [3.8, 4) is 5.75 Å². The number of furan rings is 1. The van der Waals surface area contributed by atoms with Crippen LogP contribution in [-0.4, -0.2) is 10.8 Å². The Morgan fingerprint density at radius 3 is 2.68 bits per heavy atom. The van der Waals surface area contributed by atoms with E-state index in [1.54, 1.807) is 36.4 Å². The number of benzene rings is 2. The molecule has 1 amide bonds. The van der Waals surface area contributed by atoms with Crippen molar-refractivity contribution in [2.24, 2.45) is 0 Å². The molecule has 0 aliphatic heterocycles. The summed E-state index contributed by atoms with van der Waals surface area (Å²) in [6.07, 6.45) is 0. The van der Waals surface area contributed by atoms with E-state index >= 15 is 0 Å². The monoisotopic (exact) mass is 420 g/mol. The maximum atomic E-state index is 12.2. The lowest BCUT2D eigenvalue weighted by Crippen LogP contribution is -2.22. The van der Waals surface area contributed by atoms with Crippen LogP contribution in [-0.2, 0) is 13.2 Å². The lowest BCUT2D eigenvalue weighted by Gasteiger charge is -2.06. The topological polar surface area (TPSA) is 94.6 Å². The molecule has 3 rings (SSSR count). The van der Waals surface area contributed by atoms with E-state index in [1.165, 1.54) is 18.2 Å². The predicted molar refractivity (Wildman–Crippen MR) is 104 cm³/mol. The van der Waals surface area contributed by atoms with Crippen LogP contribution in [0.15, 0.2) is 59.0 Å². The molecule has 0 unspecified atom stereocenters. The van der Waals surface area contributed by atoms with Gasteiger partial charge in [0.1, 0.15) is 12.4 Å². The number of nitrogens with one attached hydrogen (secondary N) is 1. The van der Waals surface area contributed by atoms with Crippen molar-refractivity contribution in [3.05, 3.63) is 91.8 Å². The van der Waals surface area contributed by atoms with E-state index in [0.717, 1.165) is 0 Å². The summed E-state index contributed by atoms with van der Waals surface area (Å²) in [5, 5.41) is 14.6. The molecule has 0 fully saturated rings. The van der Waals surface area contributed by atoms with Crippen molar-refractivity contribution in [2.75, 3.05) is 0 Å². The smallest absolute Gasteiger partial charge is 0.310 e. The Bertz CT molecular complexity index is 1020. The van der Waals surface area contributed by atoms with E-state index < -0.39 is 10.8 Å². The molecular weight excluding hydrogens is 407 g/mol. The summed E-state index contributed by atoms with van der Waals surface area (Å²) in [5.41, 5.74) is 0.567. The van der Waals surface area contributed by atoms with Crippen LogP contribution in [0, 0.1) is 10.1 Å². The maximum absolute atomic E-state index is 12.2. The molecule has 0 aliphatic rings. The lowest BCUT2D eigenvalue weighted by molar-refractivity contribution is -0.386. The molecule has 28 heavy (non-hydrogen) atoms. The Balaban J connectivity index is 1.59. The average Bonchev–Trinajstić information content (AvgIpc) is 3.15. The Kier molecular flexibility index (Phi) is 6.18. The molecular formula is C19H14Cl2N2O5. The van der Waals surface area contributed by atoms with Gasteiger partial charge >= 0.3 is 5.69 Å². The second kappa shape index (κ2) is 8.77. The van der Waals surface area contributed by atoms with Crippen LogP contribution < -0.4 is 10.1 Å². The number of hydrogen-bond acceptors (Lipinski definition) is 5. The average molecular weight is 421 g/mol. The molecule has 0 atom stereocenters. The van der Waals surface area contributed by atoms with Gasteiger partial charge in [-0.1, -0.05) is 41.4 Å². The Hall–Kier alpha value is -3.03. The van der Waals surface area contributed by atoms with Crippen molar-refractivity contribution in [1.82, 2.24) is 5.32 Å². The highest BCUT2D eigenvalue weighted by molar-refractivity contribution is 6.35. The number of nitro benzene ring substituents is 1. The molecule has 0 saturated heterocycles. The summed E-state index contributed by atoms with van der Waals surface area (Å²) in [5.74, 6) is 0.134. The van der Waals surface area contributed by atoms with E-state index in [1.807, 2.05) is 0 Å². The van der Waals surface area contributed by atoms with Crippen molar-refractivity contribution >= 4 is 34.8 Å². The predicted octanol–water partition coefficient (Wildman–Crippen LogP) is 5.00. The number of halogens is 2. The number of carbonyl (C=O) groups is 1. The largest absolute Gasteiger partial charge is 0.479 e. The van der Waals surface area contributed by atoms with Gasteiger partial charge in [-0.2, -0.15) is 0 Å². The van der Waals surface area contributed by atoms with E-state index in [4.69, 9.17) is 32.4 Å². The van der Waals surface area contributed by atoms with Gasteiger partial charge in [-0.15, -0.1) is 0 Å². The fraction of sp³-hybridized carbons (Fsp3) is 0.105. The lowest BCUT2D eigenvalue weighted by atomic mass is 10.2. The zero-order valence-electron chi connectivity index (χ0n) is 14.4. The molecule has 7 nitrogen and oxygen atoms in total. The van der Waals surface area contributed by atoms with E-state index in [9.17, 15) is 14.9 Å². The molecule has 1 N–H and O–H groups in total. The fourth-order valence-corrected chi connectivity index (χ4v) is 2.86. The molecule has 144 valence electrons. The van der Waals surface area contributed by atoms with Crippen LogP contribution in [0.2, 0.25) is 10.0 Å². The number of carbonyl (C=O) groups excluding carboxylic acids is 1. The molecule has 9 heteroatoms. The van der Waals surface area contributed by atoms with Gasteiger partial charge in [-0.3, -0.25) is 14.9 Å². The van der Waals surface area contributed by atoms with Crippen LogP contribution >= 0.6 is 23.2 Å². The van der Waals surface area contributed by atoms with Gasteiger partial charge in [-0.05, 0) is 35.9 Å². The van der Waals surface area contributed by atoms with Gasteiger partial charge in [0.05, 0.1) is 4.92 Å². The Labute approximate surface area is 170 Å². The van der Waals surface area contributed by atoms with Crippen LogP contribution in [0.4, 0.5) is 5.69 Å². The molecule has 1 heterocycles. The normalized spacial score (nSPS) is 10.5. The minimum atomic E-state index is -0.530. The summed E-state index contributed by atoms with van der Waals surface area (Å²) >= 11 is 11.9. The molecule has 1 aromatic heterocycles. The fourth-order valence-electron chi connectivity index (χ4n) is 2.38. The van der Waals surface area contributed by atoms with Crippen molar-refractivity contribution < 1.29 is 18.9 Å². The minimum absolute atomic E-state index is 0.0544. The molecule has 0 aliphatic carbocycles. The van der Waals surface area contributed by atoms with Gasteiger partial charge in [0.15, 0.2) is 11.5 Å². The third kappa shape index (κ3) is 4.82. The summed E-state index contributed by atoms with van der Waals surface area (Å²) in [7, 11) is 0. The zero-order valence-corrected chi connectivity index (χ0v) is 15.9. The first kappa shape index (κ1) is 19.7. The third-order valence-electron chi connectivity index (χ3n) is 3.77. The summed E-state index contributed by atoms with van der Waals surface area (Å²) in [4.78, 5) is 22.7. The van der Waals surface area contributed by atoms with Crippen molar-refractivity contribution in [2.45, 2.75) is 13.2 Å². The number of ether oxygens (including phenoxy) is 1. The first-order chi connectivity index (χ1) is 13.4. The highest BCUT2D eigenvalue weighted by Crippen LogP contribution is 2.27. The molecule has 0 spiro atoms. The van der Waals surface area contributed by atoms with Crippen molar-refractivity contribution in [1.29, 1.82) is 0 Å². The van der Waals surface area contributed by atoms with E-state index in [-0.39, 0.29) is 30.3 Å². The first-order valence-corrected chi connectivity index (χ1v) is 8.86. The second-order valence-corrected chi connectivity index (χ2v) is 6.54. The second-order valence-electron chi connectivity index (χ2n) is 5.70. The summed E-state index contributed by atoms with van der Waals surface area (Å²) < 4.78 is 10.9. The van der Waals surface area contributed by atoms with Crippen LogP contribution in [0.25, 0.3) is 0 Å². The van der Waals surface area contributed by atoms with Gasteiger partial charge in [0.2, 0.25) is 0 Å². The summed E-state index contributed by atoms with van der Waals surface area (Å²) in [6.45, 7) is 0.152. The van der Waals surface area contributed by atoms with Gasteiger partial charge in [-0.25, -0.2) is 0 Å². The Morgan fingerprint density at radius 1 is 1.14 bits per heavy atom. The highest BCUT2D eigenvalue weighted by Gasteiger charge is 2.16. The number of para-hydroxylation sites is 2. The quantitative estimate of drug-likeness (QED) is 0.428. The first-order valence-electron chi connectivity index (χ1n) is 8.11. The van der Waals surface area contributed by atoms with Crippen LogP contribution in [0.1, 0.15) is 21.9 Å². The highest BCUT2D eigenvalue weighted by atomic mass is 35.5. The SMILES string of the molecule is O=C(NCc1ccc(Cl)cc1Cl)c1ccc(COc2ccccc2[N+](=O)[O-])o1. The van der Waals surface area contributed by atoms with E-state index in [0.29, 0.717) is 21.4 Å². The maximum Gasteiger partial charge on any atom is 0.310 e. The number of rotatable bonds is 7. The number of nitrogens with zero attached hydrogens (tertiary/aromatic N) is 1. The zero-order chi connectivity index (χ0) is 20.1.